The Kier molecular flexibility index (Phi) is 2.47. The summed E-state index contributed by atoms with van der Waals surface area (Å²) in [5.74, 6) is 1.50. The van der Waals surface area contributed by atoms with E-state index >= 15 is 0 Å². The molecule has 4 atom stereocenters. The van der Waals surface area contributed by atoms with Gasteiger partial charge < -0.3 is 5.11 Å². The molecule has 0 amide bonds. The van der Waals surface area contributed by atoms with Gasteiger partial charge in [0.25, 0.3) is 0 Å². The minimum Gasteiger partial charge on any atom is -0.390 e. The number of rotatable bonds is 1. The standard InChI is InChI=1S/C21H24O/c1-14-2-3-18-8-19(5-4-17(18)6-14)20-9-15-7-16(10-20)12-21(22,11-15)13-20/h2-6,8,15-16,22H,7,9-13H2,1H3/t15-,16+,20?,21?. The highest BCUT2D eigenvalue weighted by Crippen LogP contribution is 2.62. The summed E-state index contributed by atoms with van der Waals surface area (Å²) in [5.41, 5.74) is 2.69. The fraction of sp³-hybridized carbons (Fsp3) is 0.524. The molecule has 2 unspecified atom stereocenters. The minimum absolute atomic E-state index is 0.248. The third-order valence-corrected chi connectivity index (χ3v) is 6.64. The first-order chi connectivity index (χ1) is 10.5. The van der Waals surface area contributed by atoms with Crippen LogP contribution in [0.15, 0.2) is 36.4 Å². The van der Waals surface area contributed by atoms with Crippen molar-refractivity contribution in [3.05, 3.63) is 47.5 Å². The van der Waals surface area contributed by atoms with Crippen molar-refractivity contribution in [1.29, 1.82) is 0 Å². The van der Waals surface area contributed by atoms with Crippen LogP contribution in [0.25, 0.3) is 10.8 Å². The van der Waals surface area contributed by atoms with Crippen LogP contribution >= 0.6 is 0 Å². The molecule has 0 heterocycles. The predicted octanol–water partition coefficient (Wildman–Crippen LogP) is 4.73. The van der Waals surface area contributed by atoms with Crippen LogP contribution in [-0.4, -0.2) is 10.7 Å². The summed E-state index contributed by atoms with van der Waals surface area (Å²) in [4.78, 5) is 0. The van der Waals surface area contributed by atoms with Crippen LogP contribution in [0, 0.1) is 18.8 Å². The first-order valence-electron chi connectivity index (χ1n) is 8.77. The Balaban J connectivity index is 1.63. The lowest BCUT2D eigenvalue weighted by Gasteiger charge is -2.60. The van der Waals surface area contributed by atoms with Gasteiger partial charge in [-0.05, 0) is 79.0 Å². The molecule has 22 heavy (non-hydrogen) atoms. The molecule has 0 aliphatic heterocycles. The molecule has 1 N–H and O–H groups in total. The minimum atomic E-state index is -0.369. The van der Waals surface area contributed by atoms with E-state index in [1.165, 1.54) is 41.2 Å². The van der Waals surface area contributed by atoms with Gasteiger partial charge in [-0.3, -0.25) is 0 Å². The molecule has 4 aliphatic rings. The van der Waals surface area contributed by atoms with E-state index in [0.717, 1.165) is 31.1 Å². The van der Waals surface area contributed by atoms with E-state index in [1.54, 1.807) is 0 Å². The fourth-order valence-corrected chi connectivity index (χ4v) is 6.25. The van der Waals surface area contributed by atoms with Gasteiger partial charge in [0, 0.05) is 0 Å². The number of aliphatic hydroxyl groups is 1. The maximum atomic E-state index is 11.0. The zero-order valence-electron chi connectivity index (χ0n) is 13.3. The van der Waals surface area contributed by atoms with Crippen molar-refractivity contribution in [3.8, 4) is 0 Å². The van der Waals surface area contributed by atoms with E-state index in [-0.39, 0.29) is 11.0 Å². The normalized spacial score (nSPS) is 39.5. The van der Waals surface area contributed by atoms with Crippen molar-refractivity contribution in [3.63, 3.8) is 0 Å². The molecule has 0 radical (unpaired) electrons. The molecule has 4 aliphatic carbocycles. The third-order valence-electron chi connectivity index (χ3n) is 6.64. The lowest BCUT2D eigenvalue weighted by Crippen LogP contribution is -2.57. The van der Waals surface area contributed by atoms with Crippen LogP contribution in [0.3, 0.4) is 0 Å². The van der Waals surface area contributed by atoms with Crippen LogP contribution in [0.5, 0.6) is 0 Å². The Morgan fingerprint density at radius 2 is 1.59 bits per heavy atom. The van der Waals surface area contributed by atoms with Gasteiger partial charge in [-0.25, -0.2) is 0 Å². The Labute approximate surface area is 132 Å². The molecule has 6 rings (SSSR count). The summed E-state index contributed by atoms with van der Waals surface area (Å²) in [7, 11) is 0. The molecular formula is C21H24O. The van der Waals surface area contributed by atoms with Crippen LogP contribution in [0.2, 0.25) is 0 Å². The zero-order chi connectivity index (χ0) is 14.9. The molecule has 114 valence electrons. The fourth-order valence-electron chi connectivity index (χ4n) is 6.25. The second kappa shape index (κ2) is 4.14. The van der Waals surface area contributed by atoms with E-state index in [1.807, 2.05) is 0 Å². The largest absolute Gasteiger partial charge is 0.390 e. The first kappa shape index (κ1) is 13.1. The van der Waals surface area contributed by atoms with E-state index < -0.39 is 0 Å². The highest BCUT2D eigenvalue weighted by atomic mass is 16.3. The van der Waals surface area contributed by atoms with Gasteiger partial charge in [0.15, 0.2) is 0 Å². The summed E-state index contributed by atoms with van der Waals surface area (Å²) in [6, 6.07) is 13.8. The summed E-state index contributed by atoms with van der Waals surface area (Å²) >= 11 is 0. The maximum Gasteiger partial charge on any atom is 0.0661 e. The number of benzene rings is 2. The van der Waals surface area contributed by atoms with Crippen molar-refractivity contribution in [2.45, 2.75) is 56.5 Å². The summed E-state index contributed by atoms with van der Waals surface area (Å²) in [6.45, 7) is 2.15. The Hall–Kier alpha value is -1.34. The summed E-state index contributed by atoms with van der Waals surface area (Å²) in [6.07, 6.45) is 7.05. The second-order valence-electron chi connectivity index (χ2n) is 8.53. The monoisotopic (exact) mass is 292 g/mol. The number of hydrogen-bond donors (Lipinski definition) is 1. The Bertz CT molecular complexity index is 746. The molecule has 4 bridgehead atoms. The van der Waals surface area contributed by atoms with Crippen molar-refractivity contribution >= 4 is 10.8 Å². The first-order valence-corrected chi connectivity index (χ1v) is 8.77. The molecule has 1 nitrogen and oxygen atoms in total. The van der Waals surface area contributed by atoms with Crippen LogP contribution in [0.1, 0.15) is 49.7 Å². The number of fused-ring (bicyclic) bond motifs is 1. The van der Waals surface area contributed by atoms with Crippen molar-refractivity contribution in [2.75, 3.05) is 0 Å². The lowest BCUT2D eigenvalue weighted by molar-refractivity contribution is -0.136. The van der Waals surface area contributed by atoms with Gasteiger partial charge >= 0.3 is 0 Å². The van der Waals surface area contributed by atoms with E-state index in [4.69, 9.17) is 0 Å². The third kappa shape index (κ3) is 1.81. The molecule has 0 spiro atoms. The second-order valence-corrected chi connectivity index (χ2v) is 8.53. The Morgan fingerprint density at radius 3 is 2.32 bits per heavy atom. The summed E-state index contributed by atoms with van der Waals surface area (Å²) in [5, 5.41) is 13.7. The molecule has 4 saturated carbocycles. The van der Waals surface area contributed by atoms with Crippen LogP contribution in [0.4, 0.5) is 0 Å². The smallest absolute Gasteiger partial charge is 0.0661 e. The van der Waals surface area contributed by atoms with Gasteiger partial charge in [-0.15, -0.1) is 0 Å². The number of aryl methyl sites for hydroxylation is 1. The molecule has 1 heteroatoms. The number of hydrogen-bond acceptors (Lipinski definition) is 1. The Morgan fingerprint density at radius 1 is 0.909 bits per heavy atom. The van der Waals surface area contributed by atoms with Gasteiger partial charge in [0.05, 0.1) is 5.60 Å². The SMILES string of the molecule is Cc1ccc2cc(C34C[C@@H]5C[C@@H](CC(O)(C5)C3)C4)ccc2c1. The molecule has 2 aromatic carbocycles. The average Bonchev–Trinajstić information content (AvgIpc) is 2.44. The molecule has 0 saturated heterocycles. The quantitative estimate of drug-likeness (QED) is 0.805. The zero-order valence-corrected chi connectivity index (χ0v) is 13.3. The highest BCUT2D eigenvalue weighted by molar-refractivity contribution is 5.84. The average molecular weight is 292 g/mol. The maximum absolute atomic E-state index is 11.0. The van der Waals surface area contributed by atoms with Crippen molar-refractivity contribution < 1.29 is 5.11 Å². The molecule has 0 aromatic heterocycles. The van der Waals surface area contributed by atoms with E-state index in [9.17, 15) is 5.11 Å². The lowest BCUT2D eigenvalue weighted by atomic mass is 9.46. The van der Waals surface area contributed by atoms with Crippen molar-refractivity contribution in [1.82, 2.24) is 0 Å². The predicted molar refractivity (Wildman–Crippen MR) is 90.0 cm³/mol. The van der Waals surface area contributed by atoms with E-state index in [2.05, 4.69) is 43.3 Å². The molecule has 2 aromatic rings. The highest BCUT2D eigenvalue weighted by Gasteiger charge is 2.57. The van der Waals surface area contributed by atoms with Gasteiger partial charge in [0.2, 0.25) is 0 Å². The van der Waals surface area contributed by atoms with Crippen LogP contribution < -0.4 is 0 Å². The van der Waals surface area contributed by atoms with Gasteiger partial charge in [-0.1, -0.05) is 42.0 Å². The summed E-state index contributed by atoms with van der Waals surface area (Å²) < 4.78 is 0. The molecular weight excluding hydrogens is 268 g/mol. The van der Waals surface area contributed by atoms with Gasteiger partial charge in [-0.2, -0.15) is 0 Å². The van der Waals surface area contributed by atoms with Gasteiger partial charge in [0.1, 0.15) is 0 Å². The van der Waals surface area contributed by atoms with Crippen molar-refractivity contribution in [2.24, 2.45) is 11.8 Å². The topological polar surface area (TPSA) is 20.2 Å². The molecule has 4 fully saturated rings. The van der Waals surface area contributed by atoms with E-state index in [0.29, 0.717) is 0 Å². The van der Waals surface area contributed by atoms with Crippen LogP contribution in [-0.2, 0) is 5.41 Å².